The smallest absolute Gasteiger partial charge is 0.144 e. The van der Waals surface area contributed by atoms with Gasteiger partial charge >= 0.3 is 0 Å². The van der Waals surface area contributed by atoms with Gasteiger partial charge in [-0.3, -0.25) is 0 Å². The van der Waals surface area contributed by atoms with Crippen molar-refractivity contribution in [2.24, 2.45) is 0 Å². The Kier molecular flexibility index (Phi) is 5.91. The van der Waals surface area contributed by atoms with Gasteiger partial charge in [-0.05, 0) is 99.8 Å². The highest BCUT2D eigenvalue weighted by molar-refractivity contribution is 7.26. The second-order valence-corrected chi connectivity index (χ2v) is 17.0. The summed E-state index contributed by atoms with van der Waals surface area (Å²) in [4.78, 5) is 2.49. The molecular formula is C49H31NOS2. The van der Waals surface area contributed by atoms with E-state index in [1.807, 2.05) is 22.7 Å². The first kappa shape index (κ1) is 29.6. The van der Waals surface area contributed by atoms with Gasteiger partial charge in [-0.1, -0.05) is 98.8 Å². The number of thiophene rings is 2. The Morgan fingerprint density at radius 1 is 0.472 bits per heavy atom. The van der Waals surface area contributed by atoms with Gasteiger partial charge in [0, 0.05) is 67.9 Å². The van der Waals surface area contributed by atoms with E-state index in [1.54, 1.807) is 0 Å². The minimum atomic E-state index is -0.117. The second-order valence-electron chi connectivity index (χ2n) is 14.9. The Morgan fingerprint density at radius 2 is 1.15 bits per heavy atom. The van der Waals surface area contributed by atoms with Crippen LogP contribution < -0.4 is 4.90 Å². The number of furan rings is 1. The van der Waals surface area contributed by atoms with Gasteiger partial charge in [0.25, 0.3) is 0 Å². The molecule has 0 unspecified atom stereocenters. The number of benzene rings is 8. The van der Waals surface area contributed by atoms with E-state index >= 15 is 0 Å². The molecule has 0 fully saturated rings. The zero-order valence-corrected chi connectivity index (χ0v) is 30.7. The minimum absolute atomic E-state index is 0.117. The number of hydrogen-bond acceptors (Lipinski definition) is 4. The molecule has 12 rings (SSSR count). The standard InChI is InChI=1S/C49H31NOS2/c1-49(2)38-14-7-5-12-32(38)33-20-18-30(26-39(33)49)50(31-19-21-35-34-13-6-8-16-42(34)52-45(35)27-31)40-15-9-17-43-46(40)47-44(53-43)23-22-36-37-24-28-10-3-4-11-29(28)25-41(37)51-48(36)47/h3-27H,1-2H3. The van der Waals surface area contributed by atoms with Gasteiger partial charge in [-0.15, -0.1) is 22.7 Å². The molecule has 53 heavy (non-hydrogen) atoms. The summed E-state index contributed by atoms with van der Waals surface area (Å²) in [5.41, 5.74) is 10.6. The summed E-state index contributed by atoms with van der Waals surface area (Å²) in [6.07, 6.45) is 0. The average Bonchev–Trinajstić information content (AvgIpc) is 3.92. The number of hydrogen-bond donors (Lipinski definition) is 0. The lowest BCUT2D eigenvalue weighted by Gasteiger charge is -2.29. The lowest BCUT2D eigenvalue weighted by atomic mass is 9.82. The highest BCUT2D eigenvalue weighted by Crippen LogP contribution is 2.53. The first-order chi connectivity index (χ1) is 26.0. The van der Waals surface area contributed by atoms with Crippen molar-refractivity contribution in [2.75, 3.05) is 4.90 Å². The van der Waals surface area contributed by atoms with Crippen LogP contribution in [0, 0.1) is 0 Å². The van der Waals surface area contributed by atoms with Crippen molar-refractivity contribution in [1.82, 2.24) is 0 Å². The lowest BCUT2D eigenvalue weighted by Crippen LogP contribution is -2.16. The van der Waals surface area contributed by atoms with E-state index in [-0.39, 0.29) is 5.41 Å². The van der Waals surface area contributed by atoms with E-state index in [2.05, 4.69) is 170 Å². The average molecular weight is 714 g/mol. The molecule has 3 aromatic heterocycles. The number of nitrogens with zero attached hydrogens (tertiary/aromatic N) is 1. The third-order valence-corrected chi connectivity index (χ3v) is 13.9. The van der Waals surface area contributed by atoms with Gasteiger partial charge in [-0.25, -0.2) is 0 Å². The van der Waals surface area contributed by atoms with Crippen molar-refractivity contribution in [3.8, 4) is 11.1 Å². The predicted octanol–water partition coefficient (Wildman–Crippen LogP) is 15.3. The predicted molar refractivity (Wildman–Crippen MR) is 229 cm³/mol. The minimum Gasteiger partial charge on any atom is -0.455 e. The molecular weight excluding hydrogens is 683 g/mol. The van der Waals surface area contributed by atoms with E-state index in [4.69, 9.17) is 4.42 Å². The molecule has 0 saturated heterocycles. The van der Waals surface area contributed by atoms with Crippen LogP contribution in [0.3, 0.4) is 0 Å². The van der Waals surface area contributed by atoms with Crippen molar-refractivity contribution in [1.29, 1.82) is 0 Å². The Morgan fingerprint density at radius 3 is 2.08 bits per heavy atom. The summed E-state index contributed by atoms with van der Waals surface area (Å²) in [6, 6.07) is 56.1. The topological polar surface area (TPSA) is 16.4 Å². The monoisotopic (exact) mass is 713 g/mol. The quantitative estimate of drug-likeness (QED) is 0.181. The molecule has 0 saturated carbocycles. The molecule has 0 amide bonds. The van der Waals surface area contributed by atoms with Gasteiger partial charge in [0.05, 0.1) is 5.69 Å². The second kappa shape index (κ2) is 10.6. The van der Waals surface area contributed by atoms with Crippen LogP contribution in [0.1, 0.15) is 25.0 Å². The van der Waals surface area contributed by atoms with E-state index in [0.717, 1.165) is 39.0 Å². The molecule has 0 bridgehead atoms. The van der Waals surface area contributed by atoms with Crippen LogP contribution in [0.25, 0.3) is 84.2 Å². The summed E-state index contributed by atoms with van der Waals surface area (Å²) in [5.74, 6) is 0. The van der Waals surface area contributed by atoms with Crippen molar-refractivity contribution < 1.29 is 4.42 Å². The first-order valence-corrected chi connectivity index (χ1v) is 19.8. The summed E-state index contributed by atoms with van der Waals surface area (Å²) in [6.45, 7) is 4.73. The van der Waals surface area contributed by atoms with Crippen molar-refractivity contribution in [3.63, 3.8) is 0 Å². The van der Waals surface area contributed by atoms with Gasteiger partial charge in [0.1, 0.15) is 11.2 Å². The van der Waals surface area contributed by atoms with Crippen LogP contribution >= 0.6 is 22.7 Å². The number of anilines is 3. The van der Waals surface area contributed by atoms with Crippen LogP contribution in [-0.4, -0.2) is 0 Å². The molecule has 0 N–H and O–H groups in total. The Labute approximate surface area is 313 Å². The molecule has 2 nitrogen and oxygen atoms in total. The third-order valence-electron chi connectivity index (χ3n) is 11.6. The Balaban J connectivity index is 1.16. The van der Waals surface area contributed by atoms with E-state index in [9.17, 15) is 0 Å². The zero-order valence-electron chi connectivity index (χ0n) is 29.1. The molecule has 0 spiro atoms. The normalized spacial score (nSPS) is 13.6. The zero-order chi connectivity index (χ0) is 35.0. The highest BCUT2D eigenvalue weighted by atomic mass is 32.1. The molecule has 0 atom stereocenters. The molecule has 11 aromatic rings. The maximum absolute atomic E-state index is 6.89. The number of rotatable bonds is 3. The van der Waals surface area contributed by atoms with Crippen LogP contribution in [-0.2, 0) is 5.41 Å². The highest BCUT2D eigenvalue weighted by Gasteiger charge is 2.36. The lowest BCUT2D eigenvalue weighted by molar-refractivity contribution is 0.660. The summed E-state index contributed by atoms with van der Waals surface area (Å²) < 4.78 is 12.0. The van der Waals surface area contributed by atoms with Crippen LogP contribution in [0.15, 0.2) is 156 Å². The molecule has 0 radical (unpaired) electrons. The van der Waals surface area contributed by atoms with Crippen LogP contribution in [0.4, 0.5) is 17.1 Å². The fourth-order valence-corrected chi connectivity index (χ4v) is 11.4. The van der Waals surface area contributed by atoms with Crippen molar-refractivity contribution in [2.45, 2.75) is 19.3 Å². The summed E-state index contributed by atoms with van der Waals surface area (Å²) in [5, 5.41) is 9.75. The van der Waals surface area contributed by atoms with Gasteiger partial charge in [0.2, 0.25) is 0 Å². The van der Waals surface area contributed by atoms with Crippen molar-refractivity contribution >= 4 is 113 Å². The number of fused-ring (bicyclic) bond motifs is 14. The largest absolute Gasteiger partial charge is 0.455 e. The van der Waals surface area contributed by atoms with Gasteiger partial charge < -0.3 is 9.32 Å². The maximum Gasteiger partial charge on any atom is 0.144 e. The van der Waals surface area contributed by atoms with Gasteiger partial charge in [0.15, 0.2) is 0 Å². The van der Waals surface area contributed by atoms with Gasteiger partial charge in [-0.2, -0.15) is 0 Å². The molecule has 8 aromatic carbocycles. The SMILES string of the molecule is CC1(C)c2ccccc2-c2ccc(N(c3ccc4c(c3)sc3ccccc34)c3cccc4sc5ccc6c7cc8ccccc8cc7oc6c5c34)cc21. The molecule has 0 aliphatic heterocycles. The van der Waals surface area contributed by atoms with Crippen LogP contribution in [0.5, 0.6) is 0 Å². The Hall–Kier alpha value is -5.94. The van der Waals surface area contributed by atoms with Crippen molar-refractivity contribution in [3.05, 3.63) is 163 Å². The molecule has 4 heteroatoms. The fourth-order valence-electron chi connectivity index (χ4n) is 9.10. The maximum atomic E-state index is 6.89. The Bertz CT molecular complexity index is 3340. The van der Waals surface area contributed by atoms with E-state index in [1.165, 1.54) is 73.4 Å². The van der Waals surface area contributed by atoms with E-state index < -0.39 is 0 Å². The molecule has 1 aliphatic carbocycles. The molecule has 250 valence electrons. The summed E-state index contributed by atoms with van der Waals surface area (Å²) in [7, 11) is 0. The molecule has 3 heterocycles. The fraction of sp³-hybridized carbons (Fsp3) is 0.0612. The molecule has 1 aliphatic rings. The van der Waals surface area contributed by atoms with E-state index in [0.29, 0.717) is 0 Å². The van der Waals surface area contributed by atoms with Crippen LogP contribution in [0.2, 0.25) is 0 Å². The third kappa shape index (κ3) is 4.08. The summed E-state index contributed by atoms with van der Waals surface area (Å²) >= 11 is 3.71. The first-order valence-electron chi connectivity index (χ1n) is 18.2.